The molecular formula is C21H28FN3O4. The van der Waals surface area contributed by atoms with Crippen LogP contribution in [0.15, 0.2) is 22.7 Å². The summed E-state index contributed by atoms with van der Waals surface area (Å²) in [6.07, 6.45) is 3.75. The quantitative estimate of drug-likeness (QED) is 0.630. The van der Waals surface area contributed by atoms with Crippen molar-refractivity contribution in [3.8, 4) is 5.75 Å². The Morgan fingerprint density at radius 3 is 2.76 bits per heavy atom. The monoisotopic (exact) mass is 405 g/mol. The Hall–Kier alpha value is -2.64. The smallest absolute Gasteiger partial charge is 0.324 e. The normalized spacial score (nSPS) is 15.1. The van der Waals surface area contributed by atoms with E-state index >= 15 is 0 Å². The van der Waals surface area contributed by atoms with Gasteiger partial charge in [-0.25, -0.2) is 4.39 Å². The van der Waals surface area contributed by atoms with Gasteiger partial charge in [-0.1, -0.05) is 25.1 Å². The summed E-state index contributed by atoms with van der Waals surface area (Å²) in [5.74, 6) is 0.460. The largest absolute Gasteiger partial charge is 0.493 e. The van der Waals surface area contributed by atoms with E-state index in [1.807, 2.05) is 13.8 Å². The Kier molecular flexibility index (Phi) is 7.06. The van der Waals surface area contributed by atoms with Gasteiger partial charge in [0.1, 0.15) is 11.6 Å². The van der Waals surface area contributed by atoms with E-state index in [9.17, 15) is 9.18 Å². The number of rotatable bonds is 9. The molecule has 1 N–H and O–H groups in total. The number of aliphatic carboxylic acids is 1. The molecule has 1 saturated heterocycles. The highest BCUT2D eigenvalue weighted by Gasteiger charge is 2.23. The highest BCUT2D eigenvalue weighted by Crippen LogP contribution is 2.26. The Bertz CT molecular complexity index is 816. The predicted molar refractivity (Wildman–Crippen MR) is 106 cm³/mol. The lowest BCUT2D eigenvalue weighted by atomic mass is 9.92. The third-order valence-corrected chi connectivity index (χ3v) is 5.22. The van der Waals surface area contributed by atoms with Crippen LogP contribution in [0.4, 0.5) is 10.4 Å². The molecule has 7 nitrogen and oxygen atoms in total. The third-order valence-electron chi connectivity index (χ3n) is 5.22. The van der Waals surface area contributed by atoms with Crippen LogP contribution in [-0.2, 0) is 11.2 Å². The van der Waals surface area contributed by atoms with Crippen LogP contribution in [0.5, 0.6) is 5.75 Å². The molecule has 158 valence electrons. The molecule has 2 aromatic rings. The maximum atomic E-state index is 13.9. The van der Waals surface area contributed by atoms with E-state index in [1.54, 1.807) is 6.07 Å². The van der Waals surface area contributed by atoms with Crippen molar-refractivity contribution in [2.75, 3.05) is 24.6 Å². The van der Waals surface area contributed by atoms with Gasteiger partial charge in [0.25, 0.3) is 0 Å². The molecule has 0 saturated carbocycles. The first kappa shape index (κ1) is 21.1. The lowest BCUT2D eigenvalue weighted by Gasteiger charge is -2.30. The molecule has 0 unspecified atom stereocenters. The first-order chi connectivity index (χ1) is 13.9. The van der Waals surface area contributed by atoms with Gasteiger partial charge in [-0.15, -0.1) is 0 Å². The SMILES string of the molecule is CC(C)c1noc(N2CCC(CCCOc3ccc(CC(=O)O)c(F)c3)CC2)n1. The van der Waals surface area contributed by atoms with Crippen molar-refractivity contribution in [3.63, 3.8) is 0 Å². The number of carboxylic acids is 1. The Labute approximate surface area is 169 Å². The Morgan fingerprint density at radius 2 is 2.14 bits per heavy atom. The maximum absolute atomic E-state index is 13.9. The van der Waals surface area contributed by atoms with Gasteiger partial charge < -0.3 is 19.3 Å². The second kappa shape index (κ2) is 9.71. The molecule has 1 fully saturated rings. The number of benzene rings is 1. The number of hydrogen-bond donors (Lipinski definition) is 1. The minimum absolute atomic E-state index is 0.165. The summed E-state index contributed by atoms with van der Waals surface area (Å²) < 4.78 is 24.9. The van der Waals surface area contributed by atoms with Crippen LogP contribution in [-0.4, -0.2) is 40.9 Å². The standard InChI is InChI=1S/C21H28FN3O4/c1-14(2)20-23-21(29-24-20)25-9-7-15(8-10-25)4-3-11-28-17-6-5-16(12-19(26)27)18(22)13-17/h5-6,13-15H,3-4,7-12H2,1-2H3,(H,26,27). The first-order valence-electron chi connectivity index (χ1n) is 10.1. The summed E-state index contributed by atoms with van der Waals surface area (Å²) in [6, 6.07) is 4.96. The van der Waals surface area contributed by atoms with Gasteiger partial charge >= 0.3 is 12.0 Å². The Balaban J connectivity index is 1.36. The molecule has 3 rings (SSSR count). The van der Waals surface area contributed by atoms with Crippen molar-refractivity contribution in [1.29, 1.82) is 0 Å². The molecule has 0 atom stereocenters. The molecule has 0 radical (unpaired) electrons. The molecular weight excluding hydrogens is 377 g/mol. The fourth-order valence-corrected chi connectivity index (χ4v) is 3.49. The number of carbonyl (C=O) groups is 1. The van der Waals surface area contributed by atoms with Gasteiger partial charge in [-0.05, 0) is 43.2 Å². The molecule has 1 aliphatic rings. The lowest BCUT2D eigenvalue weighted by Crippen LogP contribution is -2.34. The van der Waals surface area contributed by atoms with Gasteiger partial charge in [-0.3, -0.25) is 4.79 Å². The van der Waals surface area contributed by atoms with E-state index in [0.717, 1.165) is 44.6 Å². The van der Waals surface area contributed by atoms with E-state index in [-0.39, 0.29) is 17.9 Å². The van der Waals surface area contributed by atoms with Crippen LogP contribution in [0.25, 0.3) is 0 Å². The topological polar surface area (TPSA) is 88.7 Å². The third kappa shape index (κ3) is 5.92. The minimum Gasteiger partial charge on any atom is -0.493 e. The van der Waals surface area contributed by atoms with Crippen molar-refractivity contribution >= 4 is 12.0 Å². The van der Waals surface area contributed by atoms with Gasteiger partial charge in [0, 0.05) is 25.1 Å². The minimum atomic E-state index is -1.05. The highest BCUT2D eigenvalue weighted by molar-refractivity contribution is 5.70. The molecule has 29 heavy (non-hydrogen) atoms. The molecule has 0 aliphatic carbocycles. The van der Waals surface area contributed by atoms with Crippen LogP contribution < -0.4 is 9.64 Å². The summed E-state index contributed by atoms with van der Waals surface area (Å²) in [6.45, 7) is 6.41. The fourth-order valence-electron chi connectivity index (χ4n) is 3.49. The van der Waals surface area contributed by atoms with Crippen LogP contribution >= 0.6 is 0 Å². The average Bonchev–Trinajstić information content (AvgIpc) is 3.18. The van der Waals surface area contributed by atoms with Gasteiger partial charge in [0.05, 0.1) is 13.0 Å². The van der Waals surface area contributed by atoms with Gasteiger partial charge in [0.15, 0.2) is 5.82 Å². The molecule has 1 aliphatic heterocycles. The zero-order valence-electron chi connectivity index (χ0n) is 16.9. The number of aromatic nitrogens is 2. The second-order valence-corrected chi connectivity index (χ2v) is 7.83. The lowest BCUT2D eigenvalue weighted by molar-refractivity contribution is -0.136. The van der Waals surface area contributed by atoms with Crippen molar-refractivity contribution in [2.24, 2.45) is 5.92 Å². The number of carboxylic acid groups (broad SMARTS) is 1. The van der Waals surface area contributed by atoms with Crippen molar-refractivity contribution in [3.05, 3.63) is 35.4 Å². The van der Waals surface area contributed by atoms with Crippen LogP contribution in [0.2, 0.25) is 0 Å². The number of halogens is 1. The number of anilines is 1. The number of ether oxygens (including phenoxy) is 1. The zero-order valence-corrected chi connectivity index (χ0v) is 16.9. The van der Waals surface area contributed by atoms with Crippen molar-refractivity contribution in [1.82, 2.24) is 10.1 Å². The van der Waals surface area contributed by atoms with Crippen molar-refractivity contribution in [2.45, 2.75) is 51.9 Å². The number of nitrogens with zero attached hydrogens (tertiary/aromatic N) is 3. The molecule has 1 aromatic heterocycles. The summed E-state index contributed by atoms with van der Waals surface area (Å²) in [5.41, 5.74) is 0.165. The molecule has 8 heteroatoms. The molecule has 0 amide bonds. The van der Waals surface area contributed by atoms with E-state index in [1.165, 1.54) is 12.1 Å². The summed E-state index contributed by atoms with van der Waals surface area (Å²) in [7, 11) is 0. The highest BCUT2D eigenvalue weighted by atomic mass is 19.1. The second-order valence-electron chi connectivity index (χ2n) is 7.83. The molecule has 1 aromatic carbocycles. The van der Waals surface area contributed by atoms with E-state index in [2.05, 4.69) is 15.0 Å². The van der Waals surface area contributed by atoms with Gasteiger partial charge in [0.2, 0.25) is 0 Å². The maximum Gasteiger partial charge on any atom is 0.324 e. The number of hydrogen-bond acceptors (Lipinski definition) is 6. The Morgan fingerprint density at radius 1 is 1.38 bits per heavy atom. The van der Waals surface area contributed by atoms with Crippen LogP contribution in [0.1, 0.15) is 56.8 Å². The fraction of sp³-hybridized carbons (Fsp3) is 0.571. The molecule has 2 heterocycles. The predicted octanol–water partition coefficient (Wildman–Crippen LogP) is 4.03. The zero-order chi connectivity index (χ0) is 20.8. The summed E-state index contributed by atoms with van der Waals surface area (Å²) in [5, 5.41) is 12.8. The van der Waals surface area contributed by atoms with E-state index < -0.39 is 11.8 Å². The van der Waals surface area contributed by atoms with Crippen LogP contribution in [0.3, 0.4) is 0 Å². The van der Waals surface area contributed by atoms with Crippen molar-refractivity contribution < 1.29 is 23.6 Å². The number of piperidine rings is 1. The average molecular weight is 405 g/mol. The van der Waals surface area contributed by atoms with Crippen LogP contribution in [0, 0.1) is 11.7 Å². The van der Waals surface area contributed by atoms with Gasteiger partial charge in [-0.2, -0.15) is 4.98 Å². The molecule has 0 bridgehead atoms. The first-order valence-corrected chi connectivity index (χ1v) is 10.1. The van der Waals surface area contributed by atoms with E-state index in [0.29, 0.717) is 24.3 Å². The molecule has 0 spiro atoms. The van der Waals surface area contributed by atoms with E-state index in [4.69, 9.17) is 14.4 Å². The summed E-state index contributed by atoms with van der Waals surface area (Å²) >= 11 is 0. The summed E-state index contributed by atoms with van der Waals surface area (Å²) in [4.78, 5) is 17.3.